The number of furan rings is 1. The van der Waals surface area contributed by atoms with Gasteiger partial charge in [0.25, 0.3) is 11.6 Å². The van der Waals surface area contributed by atoms with Crippen LogP contribution in [0, 0.1) is 17.0 Å². The van der Waals surface area contributed by atoms with Crippen molar-refractivity contribution in [2.45, 2.75) is 6.92 Å². The molecule has 0 atom stereocenters. The number of aryl methyl sites for hydroxylation is 1. The van der Waals surface area contributed by atoms with Crippen molar-refractivity contribution in [3.8, 4) is 28.5 Å². The van der Waals surface area contributed by atoms with Crippen molar-refractivity contribution in [1.82, 2.24) is 4.98 Å². The molecule has 168 valence electrons. The summed E-state index contributed by atoms with van der Waals surface area (Å²) in [5.74, 6) is 0.0928. The van der Waals surface area contributed by atoms with Gasteiger partial charge in [0, 0.05) is 29.4 Å². The number of rotatable bonds is 5. The third kappa shape index (κ3) is 3.97. The average molecular weight is 455 g/mol. The quantitative estimate of drug-likeness (QED) is 0.248. The summed E-state index contributed by atoms with van der Waals surface area (Å²) < 4.78 is 11.3. The fourth-order valence-electron chi connectivity index (χ4n) is 3.50. The molecular formula is C25H17N3O6. The number of carbonyl (C=O) groups is 1. The number of hydrogen-bond acceptors (Lipinski definition) is 7. The van der Waals surface area contributed by atoms with E-state index in [-0.39, 0.29) is 23.1 Å². The zero-order chi connectivity index (χ0) is 23.8. The Morgan fingerprint density at radius 3 is 2.53 bits per heavy atom. The number of phenolic OH excluding ortho intramolecular Hbond substituents is 1. The van der Waals surface area contributed by atoms with Gasteiger partial charge >= 0.3 is 0 Å². The number of non-ortho nitro benzene ring substituents is 1. The molecule has 9 heteroatoms. The maximum Gasteiger partial charge on any atom is 0.291 e. The summed E-state index contributed by atoms with van der Waals surface area (Å²) in [5.41, 5.74) is 3.65. The lowest BCUT2D eigenvalue weighted by Crippen LogP contribution is -2.10. The number of nitro benzene ring substituents is 1. The SMILES string of the molecule is Cc1ccc2oc(-c3ccc(NC(=O)c4ccc(-c5ccc([N+](=O)[O-])cc5)o4)cc3O)nc2c1. The highest BCUT2D eigenvalue weighted by atomic mass is 16.6. The summed E-state index contributed by atoms with van der Waals surface area (Å²) in [6.45, 7) is 1.96. The van der Waals surface area contributed by atoms with Crippen LogP contribution in [-0.2, 0) is 0 Å². The van der Waals surface area contributed by atoms with E-state index >= 15 is 0 Å². The van der Waals surface area contributed by atoms with Crippen molar-refractivity contribution in [2.24, 2.45) is 0 Å². The van der Waals surface area contributed by atoms with E-state index in [0.29, 0.717) is 33.7 Å². The molecule has 9 nitrogen and oxygen atoms in total. The second-order valence-corrected chi connectivity index (χ2v) is 7.64. The molecule has 0 radical (unpaired) electrons. The van der Waals surface area contributed by atoms with Crippen LogP contribution in [0.2, 0.25) is 0 Å². The Labute approximate surface area is 192 Å². The molecule has 2 heterocycles. The van der Waals surface area contributed by atoms with Gasteiger partial charge in [-0.3, -0.25) is 14.9 Å². The molecule has 2 N–H and O–H groups in total. The number of phenols is 1. The van der Waals surface area contributed by atoms with E-state index in [0.717, 1.165) is 5.56 Å². The standard InChI is InChI=1S/C25H17N3O6/c1-14-2-9-22-19(12-14)27-25(34-22)18-8-5-16(13-20(18)29)26-24(30)23-11-10-21(33-23)15-3-6-17(7-4-15)28(31)32/h2-13,29H,1H3,(H,26,30). The van der Waals surface area contributed by atoms with Crippen molar-refractivity contribution < 1.29 is 23.7 Å². The number of fused-ring (bicyclic) bond motifs is 1. The minimum Gasteiger partial charge on any atom is -0.507 e. The molecule has 0 aliphatic heterocycles. The van der Waals surface area contributed by atoms with Crippen LogP contribution in [0.15, 0.2) is 81.6 Å². The number of aromatic hydroxyl groups is 1. The van der Waals surface area contributed by atoms with Gasteiger partial charge in [0.05, 0.1) is 10.5 Å². The monoisotopic (exact) mass is 455 g/mol. The molecule has 34 heavy (non-hydrogen) atoms. The molecule has 5 aromatic rings. The van der Waals surface area contributed by atoms with Crippen LogP contribution < -0.4 is 5.32 Å². The van der Waals surface area contributed by atoms with Crippen LogP contribution in [0.3, 0.4) is 0 Å². The molecule has 1 amide bonds. The smallest absolute Gasteiger partial charge is 0.291 e. The minimum atomic E-state index is -0.516. The van der Waals surface area contributed by atoms with Gasteiger partial charge in [-0.1, -0.05) is 6.07 Å². The highest BCUT2D eigenvalue weighted by molar-refractivity contribution is 6.02. The predicted molar refractivity (Wildman–Crippen MR) is 125 cm³/mol. The van der Waals surface area contributed by atoms with Crippen molar-refractivity contribution in [3.05, 3.63) is 94.2 Å². The molecule has 0 unspecified atom stereocenters. The van der Waals surface area contributed by atoms with Crippen LogP contribution >= 0.6 is 0 Å². The highest BCUT2D eigenvalue weighted by Gasteiger charge is 2.16. The number of carbonyl (C=O) groups excluding carboxylic acids is 1. The number of oxazole rings is 1. The summed E-state index contributed by atoms with van der Waals surface area (Å²) in [5, 5.41) is 24.0. The molecule has 3 aromatic carbocycles. The molecule has 0 aliphatic carbocycles. The molecule has 0 saturated carbocycles. The first-order valence-corrected chi connectivity index (χ1v) is 10.2. The van der Waals surface area contributed by atoms with Crippen molar-refractivity contribution in [1.29, 1.82) is 0 Å². The van der Waals surface area contributed by atoms with Crippen LogP contribution in [0.4, 0.5) is 11.4 Å². The van der Waals surface area contributed by atoms with Crippen molar-refractivity contribution in [3.63, 3.8) is 0 Å². The number of benzene rings is 3. The second-order valence-electron chi connectivity index (χ2n) is 7.64. The van der Waals surface area contributed by atoms with E-state index in [4.69, 9.17) is 8.83 Å². The van der Waals surface area contributed by atoms with Gasteiger partial charge in [0.2, 0.25) is 5.89 Å². The normalized spacial score (nSPS) is 11.0. The molecule has 2 aromatic heterocycles. The molecule has 5 rings (SSSR count). The Bertz CT molecular complexity index is 1550. The summed E-state index contributed by atoms with van der Waals surface area (Å²) in [4.78, 5) is 27.3. The lowest BCUT2D eigenvalue weighted by atomic mass is 10.1. The van der Waals surface area contributed by atoms with Crippen LogP contribution in [0.1, 0.15) is 16.1 Å². The Balaban J connectivity index is 1.33. The molecule has 0 aliphatic rings. The number of nitrogens with zero attached hydrogens (tertiary/aromatic N) is 2. The minimum absolute atomic E-state index is 0.0375. The van der Waals surface area contributed by atoms with E-state index in [9.17, 15) is 20.0 Å². The zero-order valence-corrected chi connectivity index (χ0v) is 17.8. The van der Waals surface area contributed by atoms with Crippen molar-refractivity contribution >= 4 is 28.4 Å². The number of nitro groups is 1. The number of anilines is 1. The third-order valence-corrected chi connectivity index (χ3v) is 5.22. The van der Waals surface area contributed by atoms with Gasteiger partial charge in [0.15, 0.2) is 11.3 Å². The highest BCUT2D eigenvalue weighted by Crippen LogP contribution is 2.33. The first-order chi connectivity index (χ1) is 16.4. The molecule has 0 bridgehead atoms. The van der Waals surface area contributed by atoms with Gasteiger partial charge in [-0.25, -0.2) is 4.98 Å². The van der Waals surface area contributed by atoms with Crippen LogP contribution in [0.25, 0.3) is 33.9 Å². The largest absolute Gasteiger partial charge is 0.507 e. The molecule has 0 spiro atoms. The van der Waals surface area contributed by atoms with Gasteiger partial charge in [-0.2, -0.15) is 0 Å². The second kappa shape index (κ2) is 8.21. The number of aromatic nitrogens is 1. The Kier molecular flexibility index (Phi) is 5.06. The van der Waals surface area contributed by atoms with E-state index < -0.39 is 10.8 Å². The molecule has 0 saturated heterocycles. The van der Waals surface area contributed by atoms with E-state index in [1.165, 1.54) is 24.3 Å². The van der Waals surface area contributed by atoms with Gasteiger partial charge in [0.1, 0.15) is 17.0 Å². The predicted octanol–water partition coefficient (Wildman–Crippen LogP) is 5.93. The first-order valence-electron chi connectivity index (χ1n) is 10.2. The molecular weight excluding hydrogens is 438 g/mol. The van der Waals surface area contributed by atoms with E-state index in [2.05, 4.69) is 10.3 Å². The number of nitrogens with one attached hydrogen (secondary N) is 1. The number of hydrogen-bond donors (Lipinski definition) is 2. The Hall–Kier alpha value is -4.92. The fourth-order valence-corrected chi connectivity index (χ4v) is 3.50. The zero-order valence-electron chi connectivity index (χ0n) is 17.8. The summed E-state index contributed by atoms with van der Waals surface area (Å²) in [6, 6.07) is 19.2. The lowest BCUT2D eigenvalue weighted by molar-refractivity contribution is -0.384. The van der Waals surface area contributed by atoms with Crippen LogP contribution in [-0.4, -0.2) is 20.9 Å². The lowest BCUT2D eigenvalue weighted by Gasteiger charge is -2.06. The fraction of sp³-hybridized carbons (Fsp3) is 0.0400. The third-order valence-electron chi connectivity index (χ3n) is 5.22. The maximum absolute atomic E-state index is 12.6. The van der Waals surface area contributed by atoms with E-state index in [1.807, 2.05) is 25.1 Å². The van der Waals surface area contributed by atoms with Gasteiger partial charge < -0.3 is 19.3 Å². The Morgan fingerprint density at radius 1 is 1.00 bits per heavy atom. The Morgan fingerprint density at radius 2 is 1.79 bits per heavy atom. The summed E-state index contributed by atoms with van der Waals surface area (Å²) in [6.07, 6.45) is 0. The van der Waals surface area contributed by atoms with E-state index in [1.54, 1.807) is 30.3 Å². The first kappa shape index (κ1) is 21.0. The topological polar surface area (TPSA) is 132 Å². The van der Waals surface area contributed by atoms with Crippen molar-refractivity contribution in [2.75, 3.05) is 5.32 Å². The summed E-state index contributed by atoms with van der Waals surface area (Å²) in [7, 11) is 0. The number of amides is 1. The molecule has 0 fully saturated rings. The van der Waals surface area contributed by atoms with Crippen LogP contribution in [0.5, 0.6) is 5.75 Å². The average Bonchev–Trinajstić information content (AvgIpc) is 3.46. The van der Waals surface area contributed by atoms with Gasteiger partial charge in [-0.15, -0.1) is 0 Å². The van der Waals surface area contributed by atoms with Gasteiger partial charge in [-0.05, 0) is 61.0 Å². The summed E-state index contributed by atoms with van der Waals surface area (Å²) >= 11 is 0. The maximum atomic E-state index is 12.6.